The lowest BCUT2D eigenvalue weighted by Gasteiger charge is -2.26. The van der Waals surface area contributed by atoms with E-state index in [1.54, 1.807) is 0 Å². The molecule has 3 N–H and O–H groups in total. The highest BCUT2D eigenvalue weighted by atomic mass is 35.5. The van der Waals surface area contributed by atoms with Gasteiger partial charge in [0, 0.05) is 6.04 Å². The van der Waals surface area contributed by atoms with Crippen LogP contribution >= 0.6 is 11.6 Å². The van der Waals surface area contributed by atoms with Gasteiger partial charge in [0.25, 0.3) is 5.91 Å². The summed E-state index contributed by atoms with van der Waals surface area (Å²) >= 11 is 5.75. The van der Waals surface area contributed by atoms with E-state index in [2.05, 4.69) is 5.32 Å². The minimum absolute atomic E-state index is 0.0616. The fourth-order valence-electron chi connectivity index (χ4n) is 1.74. The number of rotatable bonds is 3. The number of nitrogens with two attached hydrogens (primary N) is 1. The molecule has 1 aromatic rings. The Hall–Kier alpha value is -1.18. The maximum absolute atomic E-state index is 13.5. The number of amides is 1. The van der Waals surface area contributed by atoms with Crippen LogP contribution in [-0.2, 0) is 10.0 Å². The van der Waals surface area contributed by atoms with Gasteiger partial charge in [0.2, 0.25) is 10.0 Å². The van der Waals surface area contributed by atoms with Crippen LogP contribution in [0.3, 0.4) is 0 Å². The van der Waals surface area contributed by atoms with Crippen molar-refractivity contribution in [2.75, 3.05) is 0 Å². The van der Waals surface area contributed by atoms with Gasteiger partial charge in [0.05, 0.1) is 10.6 Å². The molecule has 2 rings (SSSR count). The minimum atomic E-state index is -4.24. The molecule has 8 heteroatoms. The lowest BCUT2D eigenvalue weighted by atomic mass is 9.93. The first-order chi connectivity index (χ1) is 8.79. The van der Waals surface area contributed by atoms with Gasteiger partial charge in [-0.1, -0.05) is 11.6 Å². The van der Waals surface area contributed by atoms with E-state index in [-0.39, 0.29) is 16.6 Å². The molecule has 19 heavy (non-hydrogen) atoms. The third kappa shape index (κ3) is 3.05. The standard InChI is InChI=1S/C11H12ClFN2O3S/c12-8-5-9(13)10(19(14,17)18)4-7(8)11(16)15-6-2-1-3-6/h4-6H,1-3H2,(H,15,16)(H2,14,17,18). The van der Waals surface area contributed by atoms with Crippen LogP contribution in [0.15, 0.2) is 17.0 Å². The number of hydrogen-bond donors (Lipinski definition) is 2. The van der Waals surface area contributed by atoms with Gasteiger partial charge in [-0.3, -0.25) is 4.79 Å². The second-order valence-electron chi connectivity index (χ2n) is 4.41. The molecule has 1 aliphatic rings. The summed E-state index contributed by atoms with van der Waals surface area (Å²) < 4.78 is 35.8. The van der Waals surface area contributed by atoms with Crippen molar-refractivity contribution in [1.82, 2.24) is 5.32 Å². The van der Waals surface area contributed by atoms with Crippen LogP contribution in [-0.4, -0.2) is 20.4 Å². The van der Waals surface area contributed by atoms with Gasteiger partial charge in [-0.05, 0) is 31.4 Å². The third-order valence-electron chi connectivity index (χ3n) is 3.01. The van der Waals surface area contributed by atoms with Crippen LogP contribution in [0, 0.1) is 5.82 Å². The van der Waals surface area contributed by atoms with Gasteiger partial charge in [0.15, 0.2) is 0 Å². The maximum Gasteiger partial charge on any atom is 0.253 e. The Kier molecular flexibility index (Phi) is 3.80. The van der Waals surface area contributed by atoms with Crippen LogP contribution < -0.4 is 10.5 Å². The Morgan fingerprint density at radius 2 is 2.05 bits per heavy atom. The largest absolute Gasteiger partial charge is 0.349 e. The molecule has 0 unspecified atom stereocenters. The van der Waals surface area contributed by atoms with Crippen LogP contribution in [0.2, 0.25) is 5.02 Å². The normalized spacial score (nSPS) is 15.9. The number of halogens is 2. The monoisotopic (exact) mass is 306 g/mol. The molecular formula is C11H12ClFN2O3S. The van der Waals surface area contributed by atoms with Crippen LogP contribution in [0.4, 0.5) is 4.39 Å². The number of primary sulfonamides is 1. The highest BCUT2D eigenvalue weighted by molar-refractivity contribution is 7.89. The molecule has 1 aliphatic carbocycles. The molecule has 0 heterocycles. The third-order valence-corrected chi connectivity index (χ3v) is 4.25. The topological polar surface area (TPSA) is 89.3 Å². The minimum Gasteiger partial charge on any atom is -0.349 e. The molecule has 1 fully saturated rings. The van der Waals surface area contributed by atoms with Crippen LogP contribution in [0.5, 0.6) is 0 Å². The molecule has 5 nitrogen and oxygen atoms in total. The molecule has 1 amide bonds. The van der Waals surface area contributed by atoms with E-state index in [4.69, 9.17) is 16.7 Å². The molecule has 0 saturated heterocycles. The van der Waals surface area contributed by atoms with E-state index in [9.17, 15) is 17.6 Å². The Balaban J connectivity index is 2.36. The second kappa shape index (κ2) is 5.07. The fraction of sp³-hybridized carbons (Fsp3) is 0.364. The van der Waals surface area contributed by atoms with Crippen molar-refractivity contribution in [3.8, 4) is 0 Å². The average Bonchev–Trinajstić information content (AvgIpc) is 2.21. The van der Waals surface area contributed by atoms with Crippen LogP contribution in [0.1, 0.15) is 29.6 Å². The molecule has 0 aromatic heterocycles. The molecular weight excluding hydrogens is 295 g/mol. The number of nitrogens with one attached hydrogen (secondary N) is 1. The van der Waals surface area contributed by atoms with Gasteiger partial charge in [-0.15, -0.1) is 0 Å². The Labute approximate surface area is 115 Å². The first-order valence-corrected chi connectivity index (χ1v) is 7.54. The Morgan fingerprint density at radius 1 is 1.42 bits per heavy atom. The van der Waals surface area contributed by atoms with Crippen molar-refractivity contribution in [3.05, 3.63) is 28.5 Å². The predicted octanol–water partition coefficient (Wildman–Crippen LogP) is 1.41. The van der Waals surface area contributed by atoms with E-state index in [0.717, 1.165) is 31.4 Å². The van der Waals surface area contributed by atoms with Gasteiger partial charge in [-0.25, -0.2) is 17.9 Å². The van der Waals surface area contributed by atoms with E-state index >= 15 is 0 Å². The number of hydrogen-bond acceptors (Lipinski definition) is 3. The molecule has 104 valence electrons. The van der Waals surface area contributed by atoms with E-state index in [0.29, 0.717) is 0 Å². The van der Waals surface area contributed by atoms with Gasteiger partial charge >= 0.3 is 0 Å². The summed E-state index contributed by atoms with van der Waals surface area (Å²) in [6, 6.07) is 1.70. The zero-order chi connectivity index (χ0) is 14.2. The maximum atomic E-state index is 13.5. The first kappa shape index (κ1) is 14.2. The number of sulfonamides is 1. The first-order valence-electron chi connectivity index (χ1n) is 5.62. The molecule has 0 atom stereocenters. The molecule has 0 aliphatic heterocycles. The summed E-state index contributed by atoms with van der Waals surface area (Å²) in [5, 5.41) is 7.41. The zero-order valence-electron chi connectivity index (χ0n) is 9.82. The lowest BCUT2D eigenvalue weighted by Crippen LogP contribution is -2.39. The predicted molar refractivity (Wildman–Crippen MR) is 67.9 cm³/mol. The molecule has 0 spiro atoms. The molecule has 0 radical (unpaired) electrons. The van der Waals surface area contributed by atoms with Crippen molar-refractivity contribution in [2.45, 2.75) is 30.2 Å². The zero-order valence-corrected chi connectivity index (χ0v) is 11.4. The number of benzene rings is 1. The quantitative estimate of drug-likeness (QED) is 0.884. The summed E-state index contributed by atoms with van der Waals surface area (Å²) in [5.74, 6) is -1.60. The van der Waals surface area contributed by atoms with Crippen molar-refractivity contribution < 1.29 is 17.6 Å². The van der Waals surface area contributed by atoms with Crippen molar-refractivity contribution in [3.63, 3.8) is 0 Å². The number of carbonyl (C=O) groups excluding carboxylic acids is 1. The summed E-state index contributed by atoms with van der Waals surface area (Å²) in [7, 11) is -4.24. The smallest absolute Gasteiger partial charge is 0.253 e. The van der Waals surface area contributed by atoms with E-state index in [1.165, 1.54) is 0 Å². The highest BCUT2D eigenvalue weighted by Gasteiger charge is 2.24. The molecule has 0 bridgehead atoms. The van der Waals surface area contributed by atoms with Crippen molar-refractivity contribution in [1.29, 1.82) is 0 Å². The van der Waals surface area contributed by atoms with E-state index < -0.39 is 26.6 Å². The molecule has 1 saturated carbocycles. The second-order valence-corrected chi connectivity index (χ2v) is 6.35. The lowest BCUT2D eigenvalue weighted by molar-refractivity contribution is 0.0917. The molecule has 1 aromatic carbocycles. The summed E-state index contributed by atoms with van der Waals surface area (Å²) in [5.41, 5.74) is -0.0982. The Bertz CT molecular complexity index is 629. The fourth-order valence-corrected chi connectivity index (χ4v) is 2.59. The average molecular weight is 307 g/mol. The SMILES string of the molecule is NS(=O)(=O)c1cc(C(=O)NC2CCC2)c(Cl)cc1F. The Morgan fingerprint density at radius 3 is 2.53 bits per heavy atom. The van der Waals surface area contributed by atoms with Gasteiger partial charge < -0.3 is 5.32 Å². The number of carbonyl (C=O) groups is 1. The summed E-state index contributed by atoms with van der Waals surface area (Å²) in [4.78, 5) is 11.2. The van der Waals surface area contributed by atoms with Crippen molar-refractivity contribution >= 4 is 27.5 Å². The van der Waals surface area contributed by atoms with Crippen LogP contribution in [0.25, 0.3) is 0 Å². The van der Waals surface area contributed by atoms with E-state index in [1.807, 2.05) is 0 Å². The van der Waals surface area contributed by atoms with Gasteiger partial charge in [0.1, 0.15) is 10.7 Å². The summed E-state index contributed by atoms with van der Waals surface area (Å²) in [6.45, 7) is 0. The van der Waals surface area contributed by atoms with Crippen molar-refractivity contribution in [2.24, 2.45) is 5.14 Å². The van der Waals surface area contributed by atoms with Gasteiger partial charge in [-0.2, -0.15) is 0 Å². The highest BCUT2D eigenvalue weighted by Crippen LogP contribution is 2.25. The summed E-state index contributed by atoms with van der Waals surface area (Å²) in [6.07, 6.45) is 2.77.